The third-order valence-corrected chi connectivity index (χ3v) is 3.98. The van der Waals surface area contributed by atoms with Gasteiger partial charge < -0.3 is 14.8 Å². The van der Waals surface area contributed by atoms with Crippen LogP contribution in [0.3, 0.4) is 0 Å². The molecule has 1 N–H and O–H groups in total. The van der Waals surface area contributed by atoms with Gasteiger partial charge >= 0.3 is 0 Å². The van der Waals surface area contributed by atoms with E-state index in [1.807, 2.05) is 42.5 Å². The van der Waals surface area contributed by atoms with Crippen LogP contribution in [0.4, 0.5) is 5.69 Å². The van der Waals surface area contributed by atoms with Crippen molar-refractivity contribution in [2.75, 3.05) is 18.5 Å². The molecule has 3 aromatic rings. The Balaban J connectivity index is 1.48. The van der Waals surface area contributed by atoms with Gasteiger partial charge in [-0.15, -0.1) is 0 Å². The van der Waals surface area contributed by atoms with Gasteiger partial charge in [-0.05, 0) is 66.9 Å². The lowest BCUT2D eigenvalue weighted by atomic mass is 10.1. The highest BCUT2D eigenvalue weighted by Gasteiger charge is 2.00. The summed E-state index contributed by atoms with van der Waals surface area (Å²) in [6.45, 7) is 6.03. The standard InChI is InChI=1S/C23H25NO2/c1-18-13-19(2)15-21(14-18)24-17-20-7-6-10-23(16-20)26-12-11-25-22-8-4-3-5-9-22/h3-10,13-16,24H,11-12,17H2,1-2H3. The second-order valence-electron chi connectivity index (χ2n) is 6.39. The summed E-state index contributed by atoms with van der Waals surface area (Å²) in [7, 11) is 0. The van der Waals surface area contributed by atoms with E-state index in [4.69, 9.17) is 9.47 Å². The van der Waals surface area contributed by atoms with Crippen molar-refractivity contribution in [1.29, 1.82) is 0 Å². The van der Waals surface area contributed by atoms with Gasteiger partial charge in [-0.3, -0.25) is 0 Å². The number of hydrogen-bond acceptors (Lipinski definition) is 3. The normalized spacial score (nSPS) is 10.4. The minimum absolute atomic E-state index is 0.517. The van der Waals surface area contributed by atoms with Crippen LogP contribution in [0.25, 0.3) is 0 Å². The number of rotatable bonds is 8. The highest BCUT2D eigenvalue weighted by Crippen LogP contribution is 2.17. The highest BCUT2D eigenvalue weighted by atomic mass is 16.5. The molecule has 0 aromatic heterocycles. The Morgan fingerprint density at radius 1 is 0.692 bits per heavy atom. The van der Waals surface area contributed by atoms with Gasteiger partial charge in [0.05, 0.1) is 0 Å². The lowest BCUT2D eigenvalue weighted by Crippen LogP contribution is -2.09. The average Bonchev–Trinajstić information content (AvgIpc) is 2.64. The molecule has 0 atom stereocenters. The second-order valence-corrected chi connectivity index (χ2v) is 6.39. The third-order valence-electron chi connectivity index (χ3n) is 3.98. The number of para-hydroxylation sites is 1. The molecule has 0 aliphatic carbocycles. The zero-order valence-corrected chi connectivity index (χ0v) is 15.4. The maximum Gasteiger partial charge on any atom is 0.122 e. The summed E-state index contributed by atoms with van der Waals surface area (Å²) in [4.78, 5) is 0. The van der Waals surface area contributed by atoms with Crippen LogP contribution in [0.15, 0.2) is 72.8 Å². The lowest BCUT2D eigenvalue weighted by molar-refractivity contribution is 0.217. The van der Waals surface area contributed by atoms with Crippen LogP contribution in [-0.4, -0.2) is 13.2 Å². The average molecular weight is 347 g/mol. The Kier molecular flexibility index (Phi) is 6.15. The van der Waals surface area contributed by atoms with E-state index in [0.29, 0.717) is 13.2 Å². The molecular formula is C23H25NO2. The monoisotopic (exact) mass is 347 g/mol. The number of anilines is 1. The molecule has 0 heterocycles. The smallest absolute Gasteiger partial charge is 0.122 e. The number of hydrogen-bond donors (Lipinski definition) is 1. The van der Waals surface area contributed by atoms with Crippen LogP contribution in [0.5, 0.6) is 11.5 Å². The Bertz CT molecular complexity index is 810. The van der Waals surface area contributed by atoms with E-state index in [1.54, 1.807) is 0 Å². The predicted molar refractivity (Wildman–Crippen MR) is 107 cm³/mol. The first kappa shape index (κ1) is 17.9. The van der Waals surface area contributed by atoms with E-state index in [9.17, 15) is 0 Å². The van der Waals surface area contributed by atoms with Crippen molar-refractivity contribution < 1.29 is 9.47 Å². The molecule has 3 rings (SSSR count). The molecule has 0 aliphatic heterocycles. The molecule has 0 bridgehead atoms. The Morgan fingerprint density at radius 3 is 2.08 bits per heavy atom. The number of benzene rings is 3. The molecule has 0 amide bonds. The van der Waals surface area contributed by atoms with E-state index >= 15 is 0 Å². The van der Waals surface area contributed by atoms with Gasteiger partial charge in [0.15, 0.2) is 0 Å². The fraction of sp³-hybridized carbons (Fsp3) is 0.217. The van der Waals surface area contributed by atoms with E-state index < -0.39 is 0 Å². The zero-order chi connectivity index (χ0) is 18.2. The van der Waals surface area contributed by atoms with Crippen LogP contribution in [0.1, 0.15) is 16.7 Å². The number of nitrogens with one attached hydrogen (secondary N) is 1. The van der Waals surface area contributed by atoms with Gasteiger partial charge in [0.25, 0.3) is 0 Å². The molecule has 0 unspecified atom stereocenters. The van der Waals surface area contributed by atoms with Gasteiger partial charge in [0.2, 0.25) is 0 Å². The first-order valence-electron chi connectivity index (χ1n) is 8.91. The summed E-state index contributed by atoms with van der Waals surface area (Å²) in [5.41, 5.74) is 4.86. The van der Waals surface area contributed by atoms with Crippen molar-refractivity contribution >= 4 is 5.69 Å². The van der Waals surface area contributed by atoms with Crippen molar-refractivity contribution in [1.82, 2.24) is 0 Å². The van der Waals surface area contributed by atoms with Crippen molar-refractivity contribution in [3.05, 3.63) is 89.5 Å². The van der Waals surface area contributed by atoms with Crippen LogP contribution in [0.2, 0.25) is 0 Å². The van der Waals surface area contributed by atoms with E-state index in [0.717, 1.165) is 23.7 Å². The van der Waals surface area contributed by atoms with Crippen LogP contribution >= 0.6 is 0 Å². The molecule has 3 heteroatoms. The van der Waals surface area contributed by atoms with Crippen LogP contribution in [0, 0.1) is 13.8 Å². The minimum Gasteiger partial charge on any atom is -0.490 e. The minimum atomic E-state index is 0.517. The SMILES string of the molecule is Cc1cc(C)cc(NCc2cccc(OCCOc3ccccc3)c2)c1. The highest BCUT2D eigenvalue weighted by molar-refractivity contribution is 5.49. The topological polar surface area (TPSA) is 30.5 Å². The first-order chi connectivity index (χ1) is 12.7. The molecule has 0 saturated carbocycles. The molecule has 26 heavy (non-hydrogen) atoms. The molecule has 0 fully saturated rings. The van der Waals surface area contributed by atoms with Gasteiger partial charge in [-0.2, -0.15) is 0 Å². The molecule has 134 valence electrons. The van der Waals surface area contributed by atoms with Crippen molar-refractivity contribution in [2.45, 2.75) is 20.4 Å². The summed E-state index contributed by atoms with van der Waals surface area (Å²) in [6, 6.07) is 24.4. The largest absolute Gasteiger partial charge is 0.490 e. The molecular weight excluding hydrogens is 322 g/mol. The summed E-state index contributed by atoms with van der Waals surface area (Å²) in [6.07, 6.45) is 0. The molecule has 3 nitrogen and oxygen atoms in total. The summed E-state index contributed by atoms with van der Waals surface area (Å²) >= 11 is 0. The predicted octanol–water partition coefficient (Wildman–Crippen LogP) is 5.37. The van der Waals surface area contributed by atoms with Crippen LogP contribution < -0.4 is 14.8 Å². The molecule has 0 aliphatic rings. The second kappa shape index (κ2) is 8.95. The Morgan fingerprint density at radius 2 is 1.35 bits per heavy atom. The summed E-state index contributed by atoms with van der Waals surface area (Å²) in [5.74, 6) is 1.73. The maximum absolute atomic E-state index is 5.81. The Labute approximate surface area is 155 Å². The van der Waals surface area contributed by atoms with Gasteiger partial charge in [0.1, 0.15) is 24.7 Å². The van der Waals surface area contributed by atoms with Crippen molar-refractivity contribution in [3.8, 4) is 11.5 Å². The van der Waals surface area contributed by atoms with E-state index in [2.05, 4.69) is 49.5 Å². The summed E-state index contributed by atoms with van der Waals surface area (Å²) < 4.78 is 11.5. The first-order valence-corrected chi connectivity index (χ1v) is 8.91. The van der Waals surface area contributed by atoms with E-state index in [1.165, 1.54) is 16.7 Å². The quantitative estimate of drug-likeness (QED) is 0.555. The van der Waals surface area contributed by atoms with Gasteiger partial charge in [-0.25, -0.2) is 0 Å². The molecule has 0 radical (unpaired) electrons. The fourth-order valence-corrected chi connectivity index (χ4v) is 2.86. The number of ether oxygens (including phenoxy) is 2. The zero-order valence-electron chi connectivity index (χ0n) is 15.4. The molecule has 0 spiro atoms. The summed E-state index contributed by atoms with van der Waals surface area (Å²) in [5, 5.41) is 3.48. The molecule has 0 saturated heterocycles. The third kappa shape index (κ3) is 5.55. The lowest BCUT2D eigenvalue weighted by Gasteiger charge is -2.11. The van der Waals surface area contributed by atoms with Gasteiger partial charge in [-0.1, -0.05) is 36.4 Å². The number of aryl methyl sites for hydroxylation is 2. The van der Waals surface area contributed by atoms with Crippen LogP contribution in [-0.2, 0) is 6.54 Å². The maximum atomic E-state index is 5.81. The Hall–Kier alpha value is -2.94. The van der Waals surface area contributed by atoms with Gasteiger partial charge in [0, 0.05) is 12.2 Å². The van der Waals surface area contributed by atoms with Crippen molar-refractivity contribution in [2.24, 2.45) is 0 Å². The molecule has 3 aromatic carbocycles. The van der Waals surface area contributed by atoms with Crippen molar-refractivity contribution in [3.63, 3.8) is 0 Å². The fourth-order valence-electron chi connectivity index (χ4n) is 2.86. The van der Waals surface area contributed by atoms with E-state index in [-0.39, 0.29) is 0 Å².